The number of carboxylic acids is 4. The molecule has 2 saturated heterocycles. The fourth-order valence-corrected chi connectivity index (χ4v) is 16.2. The SMILES string of the molecule is CSCC[C@H](NC(=O)[C@H](CC(=O)O)NC(=O)[C@H](Cc1ccccc1)NC(=O)[C@H](Cc1ccccc1)NC(=O)[C@H](CCSC)NC(=O)[C@H](Cc1c[nH]c2ccccc12)NC(=O)[C@@H]1CCCN1C(=O)[C@H](CC(=O)O)NC(=O)[C@H](CS)NC(=O)[C@@H]1CCCN1)C(=O)N[C@@H](CS)C(=O)N[C@@H](CCC(=O)O)C(=O)N[C@@H](CCCNC(=N)N)C(=O)N[C@@H](Cc1c[nH]c2ccccc12)C(=O)O. The molecule has 2 aromatic heterocycles. The van der Waals surface area contributed by atoms with Crippen LogP contribution in [0.1, 0.15) is 99.3 Å². The number of guanidine groups is 1. The van der Waals surface area contributed by atoms with Crippen LogP contribution in [0.2, 0.25) is 0 Å². The molecule has 23 N–H and O–H groups in total. The van der Waals surface area contributed by atoms with Gasteiger partial charge in [0.1, 0.15) is 78.5 Å². The van der Waals surface area contributed by atoms with Crippen molar-refractivity contribution in [2.45, 2.75) is 187 Å². The van der Waals surface area contributed by atoms with E-state index in [4.69, 9.17) is 11.1 Å². The Kier molecular flexibility index (Phi) is 40.7. The van der Waals surface area contributed by atoms with Crippen molar-refractivity contribution in [3.8, 4) is 0 Å². The topological polar surface area (TPSA) is 624 Å². The predicted molar refractivity (Wildman–Crippen MR) is 485 cm³/mol. The molecule has 2 aliphatic rings. The molecule has 6 aromatic rings. The highest BCUT2D eigenvalue weighted by atomic mass is 32.2. The second-order valence-electron chi connectivity index (χ2n) is 31.0. The summed E-state index contributed by atoms with van der Waals surface area (Å²) in [6, 6.07) is 9.26. The Bertz CT molecular complexity index is 4950. The number of carbonyl (C=O) groups excluding carboxylic acids is 13. The van der Waals surface area contributed by atoms with E-state index in [1.165, 1.54) is 23.5 Å². The minimum absolute atomic E-state index is 0.00863. The maximum Gasteiger partial charge on any atom is 0.326 e. The second kappa shape index (κ2) is 51.5. The third-order valence-electron chi connectivity index (χ3n) is 21.5. The zero-order valence-electron chi connectivity index (χ0n) is 70.9. The summed E-state index contributed by atoms with van der Waals surface area (Å²) in [5, 5.41) is 85.6. The Hall–Kier alpha value is -12.4. The smallest absolute Gasteiger partial charge is 0.326 e. The van der Waals surface area contributed by atoms with Crippen LogP contribution in [-0.2, 0) is 107 Å². The van der Waals surface area contributed by atoms with Gasteiger partial charge in [-0.15, -0.1) is 0 Å². The number of fused-ring (bicyclic) bond motifs is 2. The largest absolute Gasteiger partial charge is 0.481 e. The van der Waals surface area contributed by atoms with E-state index in [1.54, 1.807) is 134 Å². The minimum Gasteiger partial charge on any atom is -0.481 e. The van der Waals surface area contributed by atoms with Crippen molar-refractivity contribution in [2.24, 2.45) is 5.73 Å². The lowest BCUT2D eigenvalue weighted by atomic mass is 10.0. The molecule has 13 amide bonds. The monoisotopic (exact) mass is 1860 g/mol. The van der Waals surface area contributed by atoms with E-state index in [9.17, 15) is 82.8 Å². The summed E-state index contributed by atoms with van der Waals surface area (Å²) in [4.78, 5) is 245. The first-order valence-electron chi connectivity index (χ1n) is 41.8. The van der Waals surface area contributed by atoms with Gasteiger partial charge in [-0.05, 0) is 123 Å². The number of nitrogens with zero attached hydrogens (tertiary/aromatic N) is 1. The molecule has 0 unspecified atom stereocenters. The second-order valence-corrected chi connectivity index (χ2v) is 33.7. The van der Waals surface area contributed by atoms with Crippen molar-refractivity contribution in [2.75, 3.05) is 55.2 Å². The average molecular weight is 1860 g/mol. The number of aromatic nitrogens is 2. The Labute approximate surface area is 761 Å². The van der Waals surface area contributed by atoms with Crippen LogP contribution in [-0.4, -0.2) is 282 Å². The molecule has 0 aliphatic carbocycles. The molecule has 0 radical (unpaired) electrons. The van der Waals surface area contributed by atoms with E-state index in [0.717, 1.165) is 11.3 Å². The van der Waals surface area contributed by atoms with Crippen LogP contribution in [0.4, 0.5) is 0 Å². The molecule has 0 spiro atoms. The average Bonchev–Trinajstić information content (AvgIpc) is 1.71. The molecular formula is C85H111N19O21S4. The predicted octanol–water partition coefficient (Wildman–Crippen LogP) is -0.992. The molecule has 0 saturated carbocycles. The highest BCUT2D eigenvalue weighted by Gasteiger charge is 2.43. The first-order chi connectivity index (χ1) is 61.8. The van der Waals surface area contributed by atoms with Crippen molar-refractivity contribution in [1.29, 1.82) is 5.41 Å². The van der Waals surface area contributed by atoms with Crippen LogP contribution < -0.4 is 80.2 Å². The van der Waals surface area contributed by atoms with Gasteiger partial charge >= 0.3 is 23.9 Å². The van der Waals surface area contributed by atoms with Crippen molar-refractivity contribution in [3.63, 3.8) is 0 Å². The van der Waals surface area contributed by atoms with Crippen molar-refractivity contribution < 1.29 is 102 Å². The van der Waals surface area contributed by atoms with Crippen LogP contribution in [0.15, 0.2) is 122 Å². The van der Waals surface area contributed by atoms with Crippen molar-refractivity contribution in [3.05, 3.63) is 144 Å². The number of thiol groups is 2. The molecule has 44 heteroatoms. The van der Waals surface area contributed by atoms with E-state index >= 15 is 19.2 Å². The maximum atomic E-state index is 15.2. The summed E-state index contributed by atoms with van der Waals surface area (Å²) in [6.45, 7) is 0.517. The zero-order chi connectivity index (χ0) is 93.8. The third-order valence-corrected chi connectivity index (χ3v) is 23.5. The zero-order valence-corrected chi connectivity index (χ0v) is 74.3. The Morgan fingerprint density at radius 2 is 0.829 bits per heavy atom. The number of aromatic amines is 2. The lowest BCUT2D eigenvalue weighted by Gasteiger charge is -2.30. The van der Waals surface area contributed by atoms with Crippen LogP contribution in [0.25, 0.3) is 21.8 Å². The van der Waals surface area contributed by atoms with Crippen LogP contribution in [0, 0.1) is 5.41 Å². The number of carboxylic acid groups (broad SMARTS) is 4. The minimum atomic E-state index is -2.02. The van der Waals surface area contributed by atoms with Crippen molar-refractivity contribution >= 4 is 177 Å². The molecule has 2 fully saturated rings. The number of carbonyl (C=O) groups is 17. The van der Waals surface area contributed by atoms with Gasteiger partial charge < -0.3 is 115 Å². The number of nitrogens with one attached hydrogen (secondary N) is 17. The van der Waals surface area contributed by atoms with Gasteiger partial charge in [-0.25, -0.2) is 4.79 Å². The summed E-state index contributed by atoms with van der Waals surface area (Å²) >= 11 is 11.0. The van der Waals surface area contributed by atoms with Gasteiger partial charge in [0.05, 0.1) is 18.9 Å². The molecule has 0 bridgehead atoms. The molecular weight excluding hydrogens is 1750 g/mol. The van der Waals surface area contributed by atoms with E-state index in [0.29, 0.717) is 57.0 Å². The first-order valence-corrected chi connectivity index (χ1v) is 45.9. The highest BCUT2D eigenvalue weighted by Crippen LogP contribution is 2.25. The number of para-hydroxylation sites is 2. The van der Waals surface area contributed by atoms with E-state index in [2.05, 4.69) is 110 Å². The molecule has 14 atom stereocenters. The van der Waals surface area contributed by atoms with Gasteiger partial charge in [-0.2, -0.15) is 48.8 Å². The number of hydrogen-bond donors (Lipinski definition) is 24. The number of rotatable bonds is 53. The van der Waals surface area contributed by atoms with E-state index in [1.807, 2.05) is 0 Å². The molecule has 40 nitrogen and oxygen atoms in total. The van der Waals surface area contributed by atoms with Gasteiger partial charge in [-0.1, -0.05) is 97.1 Å². The maximum absolute atomic E-state index is 15.2. The Balaban J connectivity index is 0.989. The fourth-order valence-electron chi connectivity index (χ4n) is 14.7. The molecule has 4 aromatic carbocycles. The summed E-state index contributed by atoms with van der Waals surface area (Å²) in [5.74, 6) is -19.4. The number of likely N-dealkylation sites (tertiary alicyclic amines) is 1. The number of nitrogens with two attached hydrogens (primary N) is 1. The standard InChI is InChI=1S/C85H111N19O21S4/c1-128-34-29-57(94-78(118)61(38-48-42-90-52-22-11-9-20-50(48)52)99-82(122)67-26-15-33-104(67)83(123)63(41-70(109)110)100-81(121)66(45-127)102-71(111)54-24-13-31-88-54)74(114)96-59(36-46-16-5-3-6-17-46)76(116)97-60(37-47-18-7-4-8-19-47)77(117)98-62(40-69(107)108)79(119)95-58(30-35-129-2)75(115)103-65(44-126)80(120)93-56(27-28-68(105)106)73(113)92-55(25-14-32-89-85(86)87)72(112)101-64(84(124)125)39-49-43-91-53-23-12-10-21-51(49)53/h3-12,16-23,42-43,54-67,88,90-91,126-127H,13-15,24-41,44-45H2,1-2H3,(H,92,113)(H,93,120)(H,94,118)(H,95,119)(H,96,114)(H,97,116)(H,98,117)(H,99,122)(H,100,121)(H,101,112)(H,102,111)(H,103,115)(H,105,106)(H,107,108)(H,109,110)(H,124,125)(H4,86,87,89)/t54-,55-,56-,57-,58-,59-,60-,61-,62-,63-,64-,65-,66-,67-/m0/s1. The van der Waals surface area contributed by atoms with Crippen LogP contribution >= 0.6 is 48.8 Å². The van der Waals surface area contributed by atoms with Gasteiger partial charge in [0.25, 0.3) is 0 Å². The lowest BCUT2D eigenvalue weighted by Crippen LogP contribution is -2.61. The fraction of sp³-hybridized carbons (Fsp3) is 0.459. The van der Waals surface area contributed by atoms with E-state index < -0.39 is 223 Å². The lowest BCUT2D eigenvalue weighted by molar-refractivity contribution is -0.146. The Morgan fingerprint density at radius 3 is 1.29 bits per heavy atom. The Morgan fingerprint density at radius 1 is 0.442 bits per heavy atom. The molecule has 4 heterocycles. The first kappa shape index (κ1) is 102. The molecule has 8 rings (SSSR count). The normalized spacial score (nSPS) is 16.3. The summed E-state index contributed by atoms with van der Waals surface area (Å²) in [7, 11) is 0. The third kappa shape index (κ3) is 31.8. The molecule has 2 aliphatic heterocycles. The summed E-state index contributed by atoms with van der Waals surface area (Å²) < 4.78 is 0. The quantitative estimate of drug-likeness (QED) is 0.00943. The molecule has 696 valence electrons. The number of thioether (sulfide) groups is 2. The van der Waals surface area contributed by atoms with E-state index in [-0.39, 0.29) is 94.6 Å². The number of aliphatic carboxylic acids is 4. The van der Waals surface area contributed by atoms with Gasteiger partial charge in [0.2, 0.25) is 76.8 Å². The highest BCUT2D eigenvalue weighted by molar-refractivity contribution is 7.98. The molecule has 129 heavy (non-hydrogen) atoms. The number of hydrogen-bond acceptors (Lipinski definition) is 23. The van der Waals surface area contributed by atoms with Gasteiger partial charge in [0.15, 0.2) is 5.96 Å². The summed E-state index contributed by atoms with van der Waals surface area (Å²) in [5.41, 5.74) is 8.82. The van der Waals surface area contributed by atoms with Gasteiger partial charge in [-0.3, -0.25) is 82.1 Å². The number of benzene rings is 4. The van der Waals surface area contributed by atoms with Crippen LogP contribution in [0.5, 0.6) is 0 Å². The van der Waals surface area contributed by atoms with Gasteiger partial charge in [0, 0.05) is 90.9 Å². The van der Waals surface area contributed by atoms with Crippen molar-refractivity contribution in [1.82, 2.24) is 89.3 Å². The number of amides is 13. The summed E-state index contributed by atoms with van der Waals surface area (Å²) in [6.07, 6.45) is 3.29. The number of H-pyrrole nitrogens is 2. The van der Waals surface area contributed by atoms with Crippen LogP contribution in [0.3, 0.4) is 0 Å².